The summed E-state index contributed by atoms with van der Waals surface area (Å²) >= 11 is 1.96. The molecule has 96 valence electrons. The highest BCUT2D eigenvalue weighted by molar-refractivity contribution is 7.99. The summed E-state index contributed by atoms with van der Waals surface area (Å²) in [4.78, 5) is 7.04. The number of aromatic nitrogens is 2. The van der Waals surface area contributed by atoms with Crippen molar-refractivity contribution < 1.29 is 0 Å². The van der Waals surface area contributed by atoms with Crippen LogP contribution >= 0.6 is 11.8 Å². The first-order valence-corrected chi connectivity index (χ1v) is 7.72. The van der Waals surface area contributed by atoms with Gasteiger partial charge in [0.25, 0.3) is 0 Å². The van der Waals surface area contributed by atoms with Gasteiger partial charge in [-0.15, -0.1) is 0 Å². The summed E-state index contributed by atoms with van der Waals surface area (Å²) in [5, 5.41) is 0.762. The van der Waals surface area contributed by atoms with Gasteiger partial charge < -0.3 is 4.57 Å². The zero-order chi connectivity index (χ0) is 12.3. The summed E-state index contributed by atoms with van der Waals surface area (Å²) in [6, 6.07) is 0.820. The van der Waals surface area contributed by atoms with E-state index < -0.39 is 0 Å². The van der Waals surface area contributed by atoms with E-state index in [0.717, 1.165) is 17.8 Å². The molecule has 1 aliphatic rings. The van der Waals surface area contributed by atoms with Gasteiger partial charge in [-0.2, -0.15) is 11.8 Å². The van der Waals surface area contributed by atoms with Crippen LogP contribution in [0.25, 0.3) is 0 Å². The van der Waals surface area contributed by atoms with E-state index in [2.05, 4.69) is 34.7 Å². The molecule has 4 heteroatoms. The maximum atomic E-state index is 4.43. The summed E-state index contributed by atoms with van der Waals surface area (Å²) in [5.74, 6) is 1.19. The fourth-order valence-corrected chi connectivity index (χ4v) is 2.37. The molecule has 0 aromatic carbocycles. The molecule has 0 aliphatic heterocycles. The van der Waals surface area contributed by atoms with Crippen LogP contribution in [0.3, 0.4) is 0 Å². The van der Waals surface area contributed by atoms with Gasteiger partial charge in [0.05, 0.1) is 6.54 Å². The lowest BCUT2D eigenvalue weighted by Crippen LogP contribution is -2.29. The number of rotatable bonds is 7. The first-order valence-electron chi connectivity index (χ1n) is 6.43. The molecule has 1 aromatic rings. The minimum atomic E-state index is 0.762. The van der Waals surface area contributed by atoms with Crippen molar-refractivity contribution in [3.8, 4) is 0 Å². The van der Waals surface area contributed by atoms with E-state index in [-0.39, 0.29) is 0 Å². The smallest absolute Gasteiger partial charge is 0.122 e. The molecule has 1 saturated carbocycles. The number of thioether (sulfide) groups is 1. The number of hydrogen-bond donors (Lipinski definition) is 0. The van der Waals surface area contributed by atoms with Crippen molar-refractivity contribution in [1.82, 2.24) is 14.5 Å². The van der Waals surface area contributed by atoms with E-state index in [1.54, 1.807) is 0 Å². The van der Waals surface area contributed by atoms with Gasteiger partial charge in [0.1, 0.15) is 5.82 Å². The molecular weight excluding hydrogens is 230 g/mol. The maximum Gasteiger partial charge on any atom is 0.122 e. The van der Waals surface area contributed by atoms with Crippen molar-refractivity contribution in [2.24, 2.45) is 7.05 Å². The normalized spacial score (nSPS) is 17.6. The molecule has 0 N–H and O–H groups in total. The second-order valence-corrected chi connectivity index (χ2v) is 6.27. The molecule has 0 saturated heterocycles. The highest BCUT2D eigenvalue weighted by Gasteiger charge is 2.29. The van der Waals surface area contributed by atoms with Gasteiger partial charge in [-0.1, -0.05) is 6.92 Å². The summed E-state index contributed by atoms with van der Waals surface area (Å²) in [7, 11) is 2.08. The molecule has 1 aliphatic carbocycles. The first kappa shape index (κ1) is 13.0. The summed E-state index contributed by atoms with van der Waals surface area (Å²) in [6.07, 6.45) is 10.2. The van der Waals surface area contributed by atoms with Gasteiger partial charge in [-0.05, 0) is 32.1 Å². The largest absolute Gasteiger partial charge is 0.337 e. The molecule has 0 amide bonds. The van der Waals surface area contributed by atoms with Crippen LogP contribution in [-0.4, -0.2) is 38.5 Å². The predicted octanol–water partition coefficient (Wildman–Crippen LogP) is 2.53. The summed E-state index contributed by atoms with van der Waals surface area (Å²) in [6.45, 7) is 4.53. The first-order chi connectivity index (χ1) is 8.20. The van der Waals surface area contributed by atoms with E-state index in [1.165, 1.54) is 31.6 Å². The Hall–Kier alpha value is -0.480. The SMILES string of the molecule is CS[C@@H](C)CCN(Cc1nccn1C)C1CC1. The van der Waals surface area contributed by atoms with Crippen LogP contribution in [-0.2, 0) is 13.6 Å². The highest BCUT2D eigenvalue weighted by atomic mass is 32.2. The van der Waals surface area contributed by atoms with Gasteiger partial charge in [0.15, 0.2) is 0 Å². The van der Waals surface area contributed by atoms with Crippen molar-refractivity contribution in [2.45, 2.75) is 44.0 Å². The average molecular weight is 253 g/mol. The van der Waals surface area contributed by atoms with E-state index in [9.17, 15) is 0 Å². The van der Waals surface area contributed by atoms with Crippen LogP contribution in [0.1, 0.15) is 32.0 Å². The van der Waals surface area contributed by atoms with Crippen LogP contribution in [0, 0.1) is 0 Å². The van der Waals surface area contributed by atoms with Gasteiger partial charge >= 0.3 is 0 Å². The molecule has 3 nitrogen and oxygen atoms in total. The fraction of sp³-hybridized carbons (Fsp3) is 0.769. The fourth-order valence-electron chi connectivity index (χ4n) is 2.03. The van der Waals surface area contributed by atoms with E-state index >= 15 is 0 Å². The van der Waals surface area contributed by atoms with Crippen molar-refractivity contribution in [3.63, 3.8) is 0 Å². The van der Waals surface area contributed by atoms with Crippen LogP contribution in [0.5, 0.6) is 0 Å². The molecule has 1 heterocycles. The Labute approximate surface area is 109 Å². The second kappa shape index (κ2) is 5.91. The molecule has 0 radical (unpaired) electrons. The number of nitrogens with zero attached hydrogens (tertiary/aromatic N) is 3. The lowest BCUT2D eigenvalue weighted by molar-refractivity contribution is 0.243. The van der Waals surface area contributed by atoms with E-state index in [1.807, 2.05) is 24.2 Å². The Kier molecular flexibility index (Phi) is 4.51. The summed E-state index contributed by atoms with van der Waals surface area (Å²) in [5.41, 5.74) is 0. The molecule has 17 heavy (non-hydrogen) atoms. The monoisotopic (exact) mass is 253 g/mol. The zero-order valence-corrected chi connectivity index (χ0v) is 11.9. The maximum absolute atomic E-state index is 4.43. The number of hydrogen-bond acceptors (Lipinski definition) is 3. The third-order valence-electron chi connectivity index (χ3n) is 3.55. The third kappa shape index (κ3) is 3.75. The molecular formula is C13H23N3S. The molecule has 0 unspecified atom stereocenters. The van der Waals surface area contributed by atoms with Crippen molar-refractivity contribution in [1.29, 1.82) is 0 Å². The topological polar surface area (TPSA) is 21.1 Å². The molecule has 0 bridgehead atoms. The quantitative estimate of drug-likeness (QED) is 0.745. The molecule has 1 aromatic heterocycles. The Morgan fingerprint density at radius 2 is 2.35 bits per heavy atom. The average Bonchev–Trinajstić information content (AvgIpc) is 3.09. The predicted molar refractivity (Wildman–Crippen MR) is 74.2 cm³/mol. The molecule has 0 spiro atoms. The third-order valence-corrected chi connectivity index (χ3v) is 4.59. The Balaban J connectivity index is 1.87. The van der Waals surface area contributed by atoms with E-state index in [0.29, 0.717) is 0 Å². The highest BCUT2D eigenvalue weighted by Crippen LogP contribution is 2.28. The Bertz CT molecular complexity index is 346. The van der Waals surface area contributed by atoms with Gasteiger partial charge in [-0.25, -0.2) is 4.98 Å². The molecule has 2 rings (SSSR count). The summed E-state index contributed by atoms with van der Waals surface area (Å²) < 4.78 is 2.13. The Morgan fingerprint density at radius 1 is 1.59 bits per heavy atom. The van der Waals surface area contributed by atoms with Crippen LogP contribution in [0.4, 0.5) is 0 Å². The molecule has 1 fully saturated rings. The van der Waals surface area contributed by atoms with Crippen molar-refractivity contribution in [2.75, 3.05) is 12.8 Å². The van der Waals surface area contributed by atoms with Gasteiger partial charge in [-0.3, -0.25) is 4.90 Å². The standard InChI is InChI=1S/C13H23N3S/c1-11(17-3)6-8-16(12-4-5-12)10-13-14-7-9-15(13)2/h7,9,11-12H,4-6,8,10H2,1-3H3/t11-/m0/s1. The van der Waals surface area contributed by atoms with Gasteiger partial charge in [0, 0.05) is 30.7 Å². The number of imidazole rings is 1. The van der Waals surface area contributed by atoms with Gasteiger partial charge in [0.2, 0.25) is 0 Å². The zero-order valence-electron chi connectivity index (χ0n) is 11.1. The van der Waals surface area contributed by atoms with Crippen LogP contribution in [0.2, 0.25) is 0 Å². The van der Waals surface area contributed by atoms with Crippen molar-refractivity contribution in [3.05, 3.63) is 18.2 Å². The van der Waals surface area contributed by atoms with Crippen LogP contribution in [0.15, 0.2) is 12.4 Å². The minimum absolute atomic E-state index is 0.762. The number of aryl methyl sites for hydroxylation is 1. The lowest BCUT2D eigenvalue weighted by atomic mass is 10.3. The van der Waals surface area contributed by atoms with Crippen molar-refractivity contribution >= 4 is 11.8 Å². The van der Waals surface area contributed by atoms with Crippen LogP contribution < -0.4 is 0 Å². The molecule has 1 atom stereocenters. The second-order valence-electron chi connectivity index (χ2n) is 4.99. The Morgan fingerprint density at radius 3 is 2.88 bits per heavy atom. The lowest BCUT2D eigenvalue weighted by Gasteiger charge is -2.23. The minimum Gasteiger partial charge on any atom is -0.337 e. The van der Waals surface area contributed by atoms with E-state index in [4.69, 9.17) is 0 Å².